The molecule has 2 aromatic rings. The zero-order chi connectivity index (χ0) is 13.8. The van der Waals surface area contributed by atoms with Gasteiger partial charge >= 0.3 is 0 Å². The minimum Gasteiger partial charge on any atom is -0.465 e. The Kier molecular flexibility index (Phi) is 4.04. The van der Waals surface area contributed by atoms with Gasteiger partial charge in [-0.15, -0.1) is 0 Å². The summed E-state index contributed by atoms with van der Waals surface area (Å²) in [5, 5.41) is 7.15. The van der Waals surface area contributed by atoms with Crippen LogP contribution in [0.2, 0.25) is 0 Å². The number of hydrogen-bond donors (Lipinski definition) is 1. The van der Waals surface area contributed by atoms with Gasteiger partial charge in [-0.1, -0.05) is 0 Å². The second-order valence-corrected chi connectivity index (χ2v) is 4.78. The van der Waals surface area contributed by atoms with Gasteiger partial charge in [0, 0.05) is 12.6 Å². The van der Waals surface area contributed by atoms with Crippen LogP contribution in [0.1, 0.15) is 36.6 Å². The highest BCUT2D eigenvalue weighted by atomic mass is 16.3. The van der Waals surface area contributed by atoms with E-state index in [1.165, 1.54) is 0 Å². The Hall–Kier alpha value is -2.04. The number of rotatable bonds is 5. The van der Waals surface area contributed by atoms with Crippen molar-refractivity contribution in [1.29, 1.82) is 0 Å². The fourth-order valence-corrected chi connectivity index (χ4v) is 1.88. The molecule has 5 heteroatoms. The summed E-state index contributed by atoms with van der Waals surface area (Å²) in [5.41, 5.74) is 0.957. The summed E-state index contributed by atoms with van der Waals surface area (Å²) in [7, 11) is 0. The predicted molar refractivity (Wildman–Crippen MR) is 71.6 cm³/mol. The number of aromatic nitrogens is 2. The number of amides is 1. The third-order valence-electron chi connectivity index (χ3n) is 2.93. The topological polar surface area (TPSA) is 60.1 Å². The minimum atomic E-state index is -0.00490. The van der Waals surface area contributed by atoms with E-state index in [-0.39, 0.29) is 11.9 Å². The second kappa shape index (κ2) is 5.73. The van der Waals surface area contributed by atoms with E-state index in [4.69, 9.17) is 4.42 Å². The molecule has 0 saturated carbocycles. The summed E-state index contributed by atoms with van der Waals surface area (Å²) in [4.78, 5) is 11.8. The molecule has 1 atom stereocenters. The smallest absolute Gasteiger partial charge is 0.222 e. The number of aryl methyl sites for hydroxylation is 2. The Labute approximate surface area is 112 Å². The standard InChI is InChI=1S/C14H19N3O2/c1-10-6-7-17(16-10)11(2)8-14(18)15-9-13-5-4-12(3)19-13/h4-7,11H,8-9H2,1-3H3,(H,15,18)/t11-/m0/s1. The zero-order valence-corrected chi connectivity index (χ0v) is 11.5. The lowest BCUT2D eigenvalue weighted by molar-refractivity contribution is -0.122. The Morgan fingerprint density at radius 1 is 1.42 bits per heavy atom. The molecule has 0 spiro atoms. The maximum absolute atomic E-state index is 11.8. The van der Waals surface area contributed by atoms with Crippen LogP contribution in [0.25, 0.3) is 0 Å². The number of carbonyl (C=O) groups is 1. The van der Waals surface area contributed by atoms with E-state index in [2.05, 4.69) is 10.4 Å². The normalized spacial score (nSPS) is 12.4. The predicted octanol–water partition coefficient (Wildman–Crippen LogP) is 2.36. The van der Waals surface area contributed by atoms with Crippen molar-refractivity contribution in [2.45, 2.75) is 39.8 Å². The fraction of sp³-hybridized carbons (Fsp3) is 0.429. The highest BCUT2D eigenvalue weighted by Gasteiger charge is 2.11. The van der Waals surface area contributed by atoms with Crippen LogP contribution < -0.4 is 5.32 Å². The Balaban J connectivity index is 1.81. The van der Waals surface area contributed by atoms with Crippen molar-refractivity contribution in [1.82, 2.24) is 15.1 Å². The summed E-state index contributed by atoms with van der Waals surface area (Å²) < 4.78 is 7.21. The number of nitrogens with zero attached hydrogens (tertiary/aromatic N) is 2. The van der Waals surface area contributed by atoms with Gasteiger partial charge in [0.1, 0.15) is 11.5 Å². The summed E-state index contributed by atoms with van der Waals surface area (Å²) in [6, 6.07) is 5.74. The quantitative estimate of drug-likeness (QED) is 0.898. The first-order valence-electron chi connectivity index (χ1n) is 6.38. The van der Waals surface area contributed by atoms with E-state index in [0.29, 0.717) is 13.0 Å². The van der Waals surface area contributed by atoms with Gasteiger partial charge in [0.2, 0.25) is 5.91 Å². The molecule has 1 amide bonds. The molecule has 1 N–H and O–H groups in total. The first kappa shape index (κ1) is 13.4. The van der Waals surface area contributed by atoms with Crippen molar-refractivity contribution >= 4 is 5.91 Å². The number of hydrogen-bond acceptors (Lipinski definition) is 3. The molecule has 2 rings (SSSR count). The van der Waals surface area contributed by atoms with Gasteiger partial charge in [-0.05, 0) is 39.0 Å². The summed E-state index contributed by atoms with van der Waals surface area (Å²) in [6.07, 6.45) is 2.30. The molecule has 0 saturated heterocycles. The van der Waals surface area contributed by atoms with Crippen LogP contribution in [0.3, 0.4) is 0 Å². The molecule has 0 aromatic carbocycles. The average Bonchev–Trinajstić information content (AvgIpc) is 2.95. The molecule has 0 radical (unpaired) electrons. The summed E-state index contributed by atoms with van der Waals surface area (Å²) in [5.74, 6) is 1.62. The first-order chi connectivity index (χ1) is 9.04. The van der Waals surface area contributed by atoms with Crippen LogP contribution in [0.15, 0.2) is 28.8 Å². The van der Waals surface area contributed by atoms with E-state index < -0.39 is 0 Å². The van der Waals surface area contributed by atoms with Crippen LogP contribution in [0.4, 0.5) is 0 Å². The van der Waals surface area contributed by atoms with Crippen LogP contribution in [-0.4, -0.2) is 15.7 Å². The Morgan fingerprint density at radius 2 is 2.21 bits per heavy atom. The summed E-state index contributed by atoms with van der Waals surface area (Å²) >= 11 is 0. The van der Waals surface area contributed by atoms with Crippen molar-refractivity contribution in [3.8, 4) is 0 Å². The molecule has 0 unspecified atom stereocenters. The molecule has 19 heavy (non-hydrogen) atoms. The lowest BCUT2D eigenvalue weighted by Crippen LogP contribution is -2.25. The van der Waals surface area contributed by atoms with Crippen molar-refractivity contribution < 1.29 is 9.21 Å². The van der Waals surface area contributed by atoms with Crippen molar-refractivity contribution in [3.63, 3.8) is 0 Å². The maximum Gasteiger partial charge on any atom is 0.222 e. The molecule has 5 nitrogen and oxygen atoms in total. The molecule has 0 bridgehead atoms. The Bertz CT molecular complexity index is 557. The van der Waals surface area contributed by atoms with Gasteiger partial charge < -0.3 is 9.73 Å². The minimum absolute atomic E-state index is 0.00490. The van der Waals surface area contributed by atoms with Crippen molar-refractivity contribution in [2.75, 3.05) is 0 Å². The highest BCUT2D eigenvalue weighted by molar-refractivity contribution is 5.76. The lowest BCUT2D eigenvalue weighted by atomic mass is 10.2. The number of furan rings is 1. The highest BCUT2D eigenvalue weighted by Crippen LogP contribution is 2.10. The molecular formula is C14H19N3O2. The van der Waals surface area contributed by atoms with Crippen LogP contribution >= 0.6 is 0 Å². The fourth-order valence-electron chi connectivity index (χ4n) is 1.88. The van der Waals surface area contributed by atoms with Gasteiger partial charge in [-0.3, -0.25) is 9.48 Å². The Morgan fingerprint density at radius 3 is 2.79 bits per heavy atom. The first-order valence-corrected chi connectivity index (χ1v) is 6.38. The zero-order valence-electron chi connectivity index (χ0n) is 11.5. The third kappa shape index (κ3) is 3.71. The van der Waals surface area contributed by atoms with Gasteiger partial charge in [-0.2, -0.15) is 5.10 Å². The van der Waals surface area contributed by atoms with Crippen molar-refractivity contribution in [3.05, 3.63) is 41.6 Å². The van der Waals surface area contributed by atoms with Crippen LogP contribution in [-0.2, 0) is 11.3 Å². The second-order valence-electron chi connectivity index (χ2n) is 4.78. The van der Waals surface area contributed by atoms with Gasteiger partial charge in [0.15, 0.2) is 0 Å². The molecule has 0 aliphatic carbocycles. The van der Waals surface area contributed by atoms with E-state index in [0.717, 1.165) is 17.2 Å². The average molecular weight is 261 g/mol. The molecule has 2 heterocycles. The van der Waals surface area contributed by atoms with Crippen LogP contribution in [0.5, 0.6) is 0 Å². The molecule has 0 fully saturated rings. The lowest BCUT2D eigenvalue weighted by Gasteiger charge is -2.11. The summed E-state index contributed by atoms with van der Waals surface area (Å²) in [6.45, 7) is 6.22. The van der Waals surface area contributed by atoms with Gasteiger partial charge in [0.25, 0.3) is 0 Å². The molecule has 0 aliphatic rings. The largest absolute Gasteiger partial charge is 0.465 e. The number of carbonyl (C=O) groups excluding carboxylic acids is 1. The van der Waals surface area contributed by atoms with Crippen molar-refractivity contribution in [2.24, 2.45) is 0 Å². The maximum atomic E-state index is 11.8. The molecule has 0 aliphatic heterocycles. The van der Waals surface area contributed by atoms with Gasteiger partial charge in [-0.25, -0.2) is 0 Å². The monoisotopic (exact) mass is 261 g/mol. The molecular weight excluding hydrogens is 242 g/mol. The van der Waals surface area contributed by atoms with Crippen LogP contribution in [0, 0.1) is 13.8 Å². The number of nitrogens with one attached hydrogen (secondary N) is 1. The van der Waals surface area contributed by atoms with Gasteiger partial charge in [0.05, 0.1) is 18.3 Å². The third-order valence-corrected chi connectivity index (χ3v) is 2.93. The van der Waals surface area contributed by atoms with E-state index in [9.17, 15) is 4.79 Å². The SMILES string of the molecule is Cc1ccn([C@@H](C)CC(=O)NCc2ccc(C)o2)n1. The molecule has 2 aromatic heterocycles. The molecule has 102 valence electrons. The van der Waals surface area contributed by atoms with E-state index in [1.54, 1.807) is 0 Å². The van der Waals surface area contributed by atoms with E-state index >= 15 is 0 Å². The van der Waals surface area contributed by atoms with E-state index in [1.807, 2.05) is 49.8 Å².